The van der Waals surface area contributed by atoms with Gasteiger partial charge in [0.2, 0.25) is 5.91 Å². The van der Waals surface area contributed by atoms with Crippen LogP contribution in [0.2, 0.25) is 0 Å². The minimum absolute atomic E-state index is 0.0408. The molecule has 1 atom stereocenters. The van der Waals surface area contributed by atoms with E-state index in [4.69, 9.17) is 0 Å². The number of nitrogens with zero attached hydrogens (tertiary/aromatic N) is 5. The molecule has 0 aliphatic carbocycles. The lowest BCUT2D eigenvalue weighted by Gasteiger charge is -2.24. The SMILES string of the molecule is Cc1cc(C(=O)N2CCCC2C(=O)Nc2cnc3c(cnn3C(C)C)c2)ccc1[N+](=O)[O-]. The van der Waals surface area contributed by atoms with Crippen molar-refractivity contribution in [3.8, 4) is 0 Å². The molecule has 0 saturated carbocycles. The molecule has 1 fully saturated rings. The van der Waals surface area contributed by atoms with Crippen LogP contribution in [0, 0.1) is 17.0 Å². The minimum atomic E-state index is -0.618. The Morgan fingerprint density at radius 1 is 1.25 bits per heavy atom. The second kappa shape index (κ2) is 8.37. The van der Waals surface area contributed by atoms with Gasteiger partial charge in [0.15, 0.2) is 5.65 Å². The van der Waals surface area contributed by atoms with Gasteiger partial charge in [-0.15, -0.1) is 0 Å². The molecule has 1 saturated heterocycles. The number of fused-ring (bicyclic) bond motifs is 1. The lowest BCUT2D eigenvalue weighted by molar-refractivity contribution is -0.385. The number of anilines is 1. The van der Waals surface area contributed by atoms with Gasteiger partial charge in [0.1, 0.15) is 6.04 Å². The van der Waals surface area contributed by atoms with Crippen molar-refractivity contribution < 1.29 is 14.5 Å². The molecule has 1 N–H and O–H groups in total. The van der Waals surface area contributed by atoms with Gasteiger partial charge < -0.3 is 10.2 Å². The predicted molar refractivity (Wildman–Crippen MR) is 118 cm³/mol. The van der Waals surface area contributed by atoms with Gasteiger partial charge in [-0.1, -0.05) is 0 Å². The van der Waals surface area contributed by atoms with Crippen LogP contribution in [0.1, 0.15) is 48.7 Å². The van der Waals surface area contributed by atoms with E-state index in [2.05, 4.69) is 15.4 Å². The molecule has 166 valence electrons. The zero-order valence-electron chi connectivity index (χ0n) is 18.1. The third-order valence-corrected chi connectivity index (χ3v) is 5.65. The summed E-state index contributed by atoms with van der Waals surface area (Å²) in [6.45, 7) is 6.07. The number of nitro benzene ring substituents is 1. The lowest BCUT2D eigenvalue weighted by Crippen LogP contribution is -2.43. The monoisotopic (exact) mass is 436 g/mol. The summed E-state index contributed by atoms with van der Waals surface area (Å²) in [4.78, 5) is 42.5. The van der Waals surface area contributed by atoms with E-state index in [9.17, 15) is 19.7 Å². The summed E-state index contributed by atoms with van der Waals surface area (Å²) in [7, 11) is 0. The molecular weight excluding hydrogens is 412 g/mol. The number of likely N-dealkylation sites (tertiary alicyclic amines) is 1. The molecule has 0 spiro atoms. The number of aryl methyl sites for hydroxylation is 1. The molecule has 1 aliphatic rings. The van der Waals surface area contributed by atoms with Crippen LogP contribution in [-0.4, -0.2) is 49.0 Å². The predicted octanol–water partition coefficient (Wildman–Crippen LogP) is 3.47. The summed E-state index contributed by atoms with van der Waals surface area (Å²) in [5, 5.41) is 19.1. The van der Waals surface area contributed by atoms with Crippen molar-refractivity contribution in [1.82, 2.24) is 19.7 Å². The zero-order valence-corrected chi connectivity index (χ0v) is 18.1. The van der Waals surface area contributed by atoms with Crippen molar-refractivity contribution in [3.63, 3.8) is 0 Å². The maximum Gasteiger partial charge on any atom is 0.272 e. The molecule has 1 aliphatic heterocycles. The Bertz CT molecular complexity index is 1220. The number of hydrogen-bond acceptors (Lipinski definition) is 6. The second-order valence-electron chi connectivity index (χ2n) is 8.22. The Balaban J connectivity index is 1.51. The summed E-state index contributed by atoms with van der Waals surface area (Å²) in [6, 6.07) is 5.62. The smallest absolute Gasteiger partial charge is 0.272 e. The maximum absolute atomic E-state index is 13.0. The first-order chi connectivity index (χ1) is 15.3. The minimum Gasteiger partial charge on any atom is -0.327 e. The largest absolute Gasteiger partial charge is 0.327 e. The third kappa shape index (κ3) is 3.91. The highest BCUT2D eigenvalue weighted by Crippen LogP contribution is 2.25. The van der Waals surface area contributed by atoms with Crippen LogP contribution < -0.4 is 5.32 Å². The molecule has 2 amide bonds. The van der Waals surface area contributed by atoms with Gasteiger partial charge in [-0.05, 0) is 51.8 Å². The van der Waals surface area contributed by atoms with E-state index in [0.29, 0.717) is 36.2 Å². The van der Waals surface area contributed by atoms with Crippen molar-refractivity contribution in [3.05, 3.63) is 57.9 Å². The topological polar surface area (TPSA) is 123 Å². The highest BCUT2D eigenvalue weighted by Gasteiger charge is 2.35. The summed E-state index contributed by atoms with van der Waals surface area (Å²) in [5.41, 5.74) is 1.97. The summed E-state index contributed by atoms with van der Waals surface area (Å²) < 4.78 is 1.81. The average Bonchev–Trinajstić information content (AvgIpc) is 3.39. The molecule has 1 aromatic carbocycles. The van der Waals surface area contributed by atoms with Gasteiger partial charge in [-0.3, -0.25) is 19.7 Å². The highest BCUT2D eigenvalue weighted by atomic mass is 16.6. The van der Waals surface area contributed by atoms with E-state index in [1.54, 1.807) is 19.3 Å². The number of carbonyl (C=O) groups excluding carboxylic acids is 2. The molecule has 2 aromatic heterocycles. The molecule has 0 radical (unpaired) electrons. The van der Waals surface area contributed by atoms with E-state index < -0.39 is 11.0 Å². The van der Waals surface area contributed by atoms with E-state index in [1.165, 1.54) is 23.1 Å². The van der Waals surface area contributed by atoms with Gasteiger partial charge in [0.25, 0.3) is 11.6 Å². The Hall–Kier alpha value is -3.82. The highest BCUT2D eigenvalue weighted by molar-refractivity contribution is 6.02. The van der Waals surface area contributed by atoms with E-state index >= 15 is 0 Å². The van der Waals surface area contributed by atoms with Gasteiger partial charge in [-0.25, -0.2) is 9.67 Å². The standard InChI is InChI=1S/C22H24N6O4/c1-13(2)27-20-16(11-24-27)10-17(12-23-20)25-21(29)19-5-4-8-26(19)22(30)15-6-7-18(28(31)32)14(3)9-15/h6-7,9-13,19H,4-5,8H2,1-3H3,(H,25,29). The summed E-state index contributed by atoms with van der Waals surface area (Å²) in [5.74, 6) is -0.598. The molecule has 10 heteroatoms. The number of benzene rings is 1. The number of pyridine rings is 1. The maximum atomic E-state index is 13.0. The first-order valence-electron chi connectivity index (χ1n) is 10.5. The molecule has 3 heterocycles. The normalized spacial score (nSPS) is 16.0. The third-order valence-electron chi connectivity index (χ3n) is 5.65. The quantitative estimate of drug-likeness (QED) is 0.482. The molecule has 32 heavy (non-hydrogen) atoms. The van der Waals surface area contributed by atoms with Gasteiger partial charge in [0, 0.05) is 35.2 Å². The number of nitrogens with one attached hydrogen (secondary N) is 1. The Labute approximate surface area is 184 Å². The molecule has 10 nitrogen and oxygen atoms in total. The van der Waals surface area contributed by atoms with Gasteiger partial charge in [-0.2, -0.15) is 5.10 Å². The van der Waals surface area contributed by atoms with Gasteiger partial charge in [0.05, 0.1) is 23.0 Å². The van der Waals surface area contributed by atoms with Gasteiger partial charge >= 0.3 is 0 Å². The fourth-order valence-electron chi connectivity index (χ4n) is 4.05. The lowest BCUT2D eigenvalue weighted by atomic mass is 10.1. The van der Waals surface area contributed by atoms with Crippen LogP contribution in [0.25, 0.3) is 11.0 Å². The summed E-state index contributed by atoms with van der Waals surface area (Å²) >= 11 is 0. The molecule has 1 unspecified atom stereocenters. The second-order valence-corrected chi connectivity index (χ2v) is 8.22. The van der Waals surface area contributed by atoms with Crippen molar-refractivity contribution in [2.75, 3.05) is 11.9 Å². The Morgan fingerprint density at radius 2 is 2.03 bits per heavy atom. The van der Waals surface area contributed by atoms with Crippen LogP contribution in [0.3, 0.4) is 0 Å². The van der Waals surface area contributed by atoms with Crippen molar-refractivity contribution in [2.24, 2.45) is 0 Å². The number of hydrogen-bond donors (Lipinski definition) is 1. The van der Waals surface area contributed by atoms with E-state index in [1.807, 2.05) is 24.6 Å². The number of carbonyl (C=O) groups is 2. The van der Waals surface area contributed by atoms with Crippen LogP contribution in [0.5, 0.6) is 0 Å². The Kier molecular flexibility index (Phi) is 5.60. The average molecular weight is 436 g/mol. The number of amides is 2. The van der Waals surface area contributed by atoms with Crippen LogP contribution in [0.4, 0.5) is 11.4 Å². The van der Waals surface area contributed by atoms with E-state index in [0.717, 1.165) is 11.0 Å². The van der Waals surface area contributed by atoms with Crippen molar-refractivity contribution in [2.45, 2.75) is 45.7 Å². The van der Waals surface area contributed by atoms with Crippen molar-refractivity contribution in [1.29, 1.82) is 0 Å². The number of aromatic nitrogens is 3. The first-order valence-corrected chi connectivity index (χ1v) is 10.5. The van der Waals surface area contributed by atoms with Crippen LogP contribution in [0.15, 0.2) is 36.7 Å². The van der Waals surface area contributed by atoms with Crippen molar-refractivity contribution >= 4 is 34.2 Å². The fourth-order valence-corrected chi connectivity index (χ4v) is 4.05. The molecular formula is C22H24N6O4. The van der Waals surface area contributed by atoms with Crippen LogP contribution >= 0.6 is 0 Å². The molecule has 4 rings (SSSR count). The fraction of sp³-hybridized carbons (Fsp3) is 0.364. The number of rotatable bonds is 5. The van der Waals surface area contributed by atoms with E-state index in [-0.39, 0.29) is 23.5 Å². The molecule has 3 aromatic rings. The zero-order chi connectivity index (χ0) is 23.0. The number of nitro groups is 1. The Morgan fingerprint density at radius 3 is 2.72 bits per heavy atom. The first kappa shape index (κ1) is 21.4. The van der Waals surface area contributed by atoms with Crippen LogP contribution in [-0.2, 0) is 4.79 Å². The molecule has 0 bridgehead atoms. The summed E-state index contributed by atoms with van der Waals surface area (Å²) in [6.07, 6.45) is 4.54.